The minimum atomic E-state index is 0.0332. The monoisotopic (exact) mass is 808 g/mol. The van der Waals surface area contributed by atoms with Crippen LogP contribution in [0.4, 0.5) is 0 Å². The highest BCUT2D eigenvalue weighted by Gasteiger charge is 2.14. The first kappa shape index (κ1) is 54.8. The molecule has 0 aromatic carbocycles. The summed E-state index contributed by atoms with van der Waals surface area (Å²) in [5.41, 5.74) is 0. The van der Waals surface area contributed by atoms with Gasteiger partial charge in [0.1, 0.15) is 11.9 Å². The number of ketones is 1. The normalized spacial score (nSPS) is 11.5. The maximum Gasteiger partial charge on any atom is 0.306 e. The summed E-state index contributed by atoms with van der Waals surface area (Å²) in [4.78, 5) is 29.8. The average molecular weight is 808 g/mol. The van der Waals surface area contributed by atoms with E-state index in [2.05, 4.69) is 31.0 Å². The van der Waals surface area contributed by atoms with Gasteiger partial charge in [-0.05, 0) is 96.1 Å². The second-order valence-electron chi connectivity index (χ2n) is 17.3. The molecule has 0 amide bonds. The van der Waals surface area contributed by atoms with Crippen molar-refractivity contribution in [3.63, 3.8) is 0 Å². The van der Waals surface area contributed by atoms with Gasteiger partial charge in [0.25, 0.3) is 0 Å². The highest BCUT2D eigenvalue weighted by atomic mass is 32.1. The molecule has 0 unspecified atom stereocenters. The molecule has 0 radical (unpaired) electrons. The van der Waals surface area contributed by atoms with E-state index >= 15 is 0 Å². The van der Waals surface area contributed by atoms with Gasteiger partial charge in [0.2, 0.25) is 0 Å². The van der Waals surface area contributed by atoms with Crippen molar-refractivity contribution < 1.29 is 14.3 Å². The summed E-state index contributed by atoms with van der Waals surface area (Å²) >= 11 is 5.41. The van der Waals surface area contributed by atoms with E-state index in [1.54, 1.807) is 0 Å². The third-order valence-corrected chi connectivity index (χ3v) is 12.0. The standard InChI is InChI=1S/C49H97N3O3S/c1-6-9-12-15-18-19-22-29-37-46(53)38-30-23-20-27-34-43-52(45-36-42-50-49(56)51(4)5)44-35-28-21-26-33-41-48(54)55-47(39-31-24-16-13-10-7-2)40-32-25-17-14-11-8-3/h47H,6-45H2,1-5H3,(H,50,56). The van der Waals surface area contributed by atoms with Gasteiger partial charge in [-0.15, -0.1) is 0 Å². The predicted molar refractivity (Wildman–Crippen MR) is 249 cm³/mol. The Morgan fingerprint density at radius 2 is 0.839 bits per heavy atom. The molecule has 1 N–H and O–H groups in total. The van der Waals surface area contributed by atoms with Gasteiger partial charge in [0.05, 0.1) is 0 Å². The maximum atomic E-state index is 12.8. The average Bonchev–Trinajstić information content (AvgIpc) is 3.18. The number of Topliss-reactive ketones (excluding diaryl/α,β-unsaturated/α-hetero) is 1. The van der Waals surface area contributed by atoms with Crippen LogP contribution in [-0.4, -0.2) is 73.0 Å². The van der Waals surface area contributed by atoms with Crippen LogP contribution in [0.2, 0.25) is 0 Å². The van der Waals surface area contributed by atoms with Gasteiger partial charge < -0.3 is 19.9 Å². The third-order valence-electron chi connectivity index (χ3n) is 11.5. The number of nitrogens with zero attached hydrogens (tertiary/aromatic N) is 2. The van der Waals surface area contributed by atoms with E-state index in [0.29, 0.717) is 12.2 Å². The molecule has 0 saturated heterocycles. The van der Waals surface area contributed by atoms with Crippen molar-refractivity contribution in [1.29, 1.82) is 0 Å². The molecule has 0 aromatic rings. The lowest BCUT2D eigenvalue weighted by Crippen LogP contribution is -2.36. The lowest BCUT2D eigenvalue weighted by Gasteiger charge is -2.23. The van der Waals surface area contributed by atoms with Crippen molar-refractivity contribution in [3.8, 4) is 0 Å². The number of hydrogen-bond acceptors (Lipinski definition) is 5. The van der Waals surface area contributed by atoms with Gasteiger partial charge in [0.15, 0.2) is 5.11 Å². The lowest BCUT2D eigenvalue weighted by atomic mass is 10.0. The van der Waals surface area contributed by atoms with Crippen LogP contribution in [0.15, 0.2) is 0 Å². The van der Waals surface area contributed by atoms with E-state index < -0.39 is 0 Å². The molecule has 56 heavy (non-hydrogen) atoms. The second-order valence-corrected chi connectivity index (χ2v) is 17.7. The third kappa shape index (κ3) is 39.6. The fraction of sp³-hybridized carbons (Fsp3) is 0.939. The zero-order valence-corrected chi connectivity index (χ0v) is 39.2. The molecule has 0 aliphatic rings. The van der Waals surface area contributed by atoms with Crippen molar-refractivity contribution in [2.75, 3.05) is 40.3 Å². The van der Waals surface area contributed by atoms with Crippen molar-refractivity contribution in [1.82, 2.24) is 15.1 Å². The van der Waals surface area contributed by atoms with Crippen LogP contribution in [0.1, 0.15) is 252 Å². The molecule has 0 aliphatic heterocycles. The van der Waals surface area contributed by atoms with Crippen LogP contribution in [0.3, 0.4) is 0 Å². The van der Waals surface area contributed by atoms with E-state index in [0.717, 1.165) is 89.1 Å². The summed E-state index contributed by atoms with van der Waals surface area (Å²) < 4.78 is 6.08. The maximum absolute atomic E-state index is 12.8. The number of carbonyl (C=O) groups excluding carboxylic acids is 2. The molecule has 332 valence electrons. The van der Waals surface area contributed by atoms with Crippen LogP contribution < -0.4 is 5.32 Å². The Bertz CT molecular complexity index is 854. The van der Waals surface area contributed by atoms with E-state index in [1.807, 2.05) is 19.0 Å². The number of nitrogens with one attached hydrogen (secondary N) is 1. The first-order valence-corrected chi connectivity index (χ1v) is 25.1. The smallest absolute Gasteiger partial charge is 0.306 e. The lowest BCUT2D eigenvalue weighted by molar-refractivity contribution is -0.150. The van der Waals surface area contributed by atoms with E-state index in [9.17, 15) is 9.59 Å². The Balaban J connectivity index is 4.35. The molecule has 0 atom stereocenters. The Labute approximate surface area is 355 Å². The van der Waals surface area contributed by atoms with Gasteiger partial charge in [-0.3, -0.25) is 9.59 Å². The molecule has 0 saturated carbocycles. The number of thiocarbonyl (C=S) groups is 1. The molecule has 0 heterocycles. The summed E-state index contributed by atoms with van der Waals surface area (Å²) in [6.07, 6.45) is 42.9. The Morgan fingerprint density at radius 1 is 0.482 bits per heavy atom. The SMILES string of the molecule is CCCCCCCCCCC(=O)CCCCCCCN(CCCCCCCC(=O)OC(CCCCCCCC)CCCCCCCC)CCCNC(=S)N(C)C. The Morgan fingerprint density at radius 3 is 1.27 bits per heavy atom. The van der Waals surface area contributed by atoms with Crippen LogP contribution in [0.25, 0.3) is 0 Å². The summed E-state index contributed by atoms with van der Waals surface area (Å²) in [5, 5.41) is 4.19. The molecule has 0 spiro atoms. The van der Waals surface area contributed by atoms with Gasteiger partial charge >= 0.3 is 5.97 Å². The first-order valence-electron chi connectivity index (χ1n) is 24.7. The number of unbranched alkanes of at least 4 members (excludes halogenated alkanes) is 25. The minimum Gasteiger partial charge on any atom is -0.462 e. The van der Waals surface area contributed by atoms with Crippen LogP contribution >= 0.6 is 12.2 Å². The summed E-state index contributed by atoms with van der Waals surface area (Å²) in [6.45, 7) is 11.1. The molecule has 0 bridgehead atoms. The quantitative estimate of drug-likeness (QED) is 0.0374. The van der Waals surface area contributed by atoms with Gasteiger partial charge in [-0.2, -0.15) is 0 Å². The summed E-state index contributed by atoms with van der Waals surface area (Å²) in [5.74, 6) is 0.515. The van der Waals surface area contributed by atoms with Gasteiger partial charge in [0, 0.05) is 39.9 Å². The van der Waals surface area contributed by atoms with Crippen LogP contribution in [0.5, 0.6) is 0 Å². The van der Waals surface area contributed by atoms with Crippen LogP contribution in [-0.2, 0) is 14.3 Å². The number of carbonyl (C=O) groups is 2. The van der Waals surface area contributed by atoms with Crippen molar-refractivity contribution in [2.45, 2.75) is 258 Å². The predicted octanol–water partition coefficient (Wildman–Crippen LogP) is 14.3. The van der Waals surface area contributed by atoms with Gasteiger partial charge in [-0.25, -0.2) is 0 Å². The largest absolute Gasteiger partial charge is 0.462 e. The molecule has 6 nitrogen and oxygen atoms in total. The second kappa shape index (κ2) is 43.4. The topological polar surface area (TPSA) is 61.9 Å². The van der Waals surface area contributed by atoms with Crippen molar-refractivity contribution in [3.05, 3.63) is 0 Å². The van der Waals surface area contributed by atoms with E-state index in [-0.39, 0.29) is 12.1 Å². The first-order chi connectivity index (χ1) is 27.3. The molecule has 0 rings (SSSR count). The molecular weight excluding hydrogens is 711 g/mol. The fourth-order valence-electron chi connectivity index (χ4n) is 7.71. The molecule has 0 fully saturated rings. The highest BCUT2D eigenvalue weighted by Crippen LogP contribution is 2.19. The Kier molecular flexibility index (Phi) is 42.4. The van der Waals surface area contributed by atoms with Gasteiger partial charge in [-0.1, -0.05) is 168 Å². The summed E-state index contributed by atoms with van der Waals surface area (Å²) in [6, 6.07) is 0. The molecule has 0 aromatic heterocycles. The van der Waals surface area contributed by atoms with Crippen LogP contribution in [0, 0.1) is 0 Å². The fourth-order valence-corrected chi connectivity index (χ4v) is 7.81. The number of esters is 1. The zero-order valence-electron chi connectivity index (χ0n) is 38.4. The zero-order chi connectivity index (χ0) is 41.2. The summed E-state index contributed by atoms with van der Waals surface area (Å²) in [7, 11) is 3.98. The Hall–Kier alpha value is -1.21. The highest BCUT2D eigenvalue weighted by molar-refractivity contribution is 7.80. The van der Waals surface area contributed by atoms with Crippen molar-refractivity contribution in [2.24, 2.45) is 0 Å². The molecule has 0 aliphatic carbocycles. The number of ether oxygens (including phenoxy) is 1. The minimum absolute atomic E-state index is 0.0332. The van der Waals surface area contributed by atoms with Crippen molar-refractivity contribution >= 4 is 29.1 Å². The number of hydrogen-bond donors (Lipinski definition) is 1. The van der Waals surface area contributed by atoms with E-state index in [1.165, 1.54) is 167 Å². The molecular formula is C49H97N3O3S. The van der Waals surface area contributed by atoms with E-state index in [4.69, 9.17) is 17.0 Å². The number of rotatable bonds is 44. The molecule has 7 heteroatoms.